The van der Waals surface area contributed by atoms with Crippen LogP contribution >= 0.6 is 0 Å². The summed E-state index contributed by atoms with van der Waals surface area (Å²) in [5, 5.41) is 9.07. The maximum atomic E-state index is 13.1. The zero-order valence-electron chi connectivity index (χ0n) is 28.0. The predicted molar refractivity (Wildman–Crippen MR) is 188 cm³/mol. The molecule has 46 heavy (non-hydrogen) atoms. The highest BCUT2D eigenvalue weighted by atomic mass is 16.2. The summed E-state index contributed by atoms with van der Waals surface area (Å²) in [7, 11) is 0. The number of nitrogens with zero attached hydrogens (tertiary/aromatic N) is 2. The standard InChI is InChI=1S/C37H46N6O3/c1-8-43(9-2)20-19-39-36(46)29-18-17-27(22-30(29)38)40-34-33(44)23(3)21-32(41-34)28-11-10-12-31(24(28)4)42-35(45)25-13-15-26(16-14-25)37(5,6)7/h10-18,21-23H,8-9,19-20,38H2,1-7H3,(H,39,46)(H,40,41)(H,42,45). The lowest BCUT2D eigenvalue weighted by Crippen LogP contribution is -2.35. The Bertz CT molecular complexity index is 1660. The van der Waals surface area contributed by atoms with Gasteiger partial charge in [-0.25, -0.2) is 4.99 Å². The number of hydrogen-bond donors (Lipinski definition) is 4. The summed E-state index contributed by atoms with van der Waals surface area (Å²) in [6.45, 7) is 17.4. The molecule has 0 saturated heterocycles. The first kappa shape index (κ1) is 34.1. The molecule has 3 aromatic rings. The van der Waals surface area contributed by atoms with Crippen LogP contribution in [0.4, 0.5) is 17.1 Å². The number of allylic oxidation sites excluding steroid dienone is 1. The molecule has 4 rings (SSSR count). The zero-order valence-corrected chi connectivity index (χ0v) is 28.0. The van der Waals surface area contributed by atoms with Crippen molar-refractivity contribution in [3.8, 4) is 0 Å². The first-order valence-corrected chi connectivity index (χ1v) is 15.9. The van der Waals surface area contributed by atoms with Gasteiger partial charge in [-0.1, -0.05) is 65.8 Å². The largest absolute Gasteiger partial charge is 0.398 e. The fraction of sp³-hybridized carbons (Fsp3) is 0.351. The summed E-state index contributed by atoms with van der Waals surface area (Å²) in [6.07, 6.45) is 1.83. The van der Waals surface area contributed by atoms with Crippen molar-refractivity contribution in [1.29, 1.82) is 0 Å². The summed E-state index contributed by atoms with van der Waals surface area (Å²) in [4.78, 5) is 45.9. The Labute approximate surface area is 272 Å². The van der Waals surface area contributed by atoms with E-state index in [1.165, 1.54) is 0 Å². The highest BCUT2D eigenvalue weighted by molar-refractivity contribution is 6.45. The number of nitrogens with two attached hydrogens (primary N) is 1. The number of likely N-dealkylation sites (N-methyl/N-ethyl adjacent to an activating group) is 1. The second-order valence-corrected chi connectivity index (χ2v) is 12.6. The Morgan fingerprint density at radius 3 is 2.30 bits per heavy atom. The van der Waals surface area contributed by atoms with Crippen molar-refractivity contribution in [2.45, 2.75) is 53.9 Å². The molecule has 1 unspecified atom stereocenters. The van der Waals surface area contributed by atoms with Crippen LogP contribution in [0.25, 0.3) is 5.70 Å². The van der Waals surface area contributed by atoms with Gasteiger partial charge >= 0.3 is 0 Å². The SMILES string of the molecule is CCN(CC)CCNC(=O)c1ccc(NC2=NC(c3cccc(NC(=O)c4ccc(C(C)(C)C)cc4)c3C)=CC(C)C2=O)cc1N. The number of nitrogens with one attached hydrogen (secondary N) is 3. The quantitative estimate of drug-likeness (QED) is 0.197. The van der Waals surface area contributed by atoms with Gasteiger partial charge in [0.1, 0.15) is 0 Å². The first-order chi connectivity index (χ1) is 21.8. The van der Waals surface area contributed by atoms with E-state index in [2.05, 4.69) is 55.5 Å². The van der Waals surface area contributed by atoms with Gasteiger partial charge in [0.05, 0.1) is 11.3 Å². The molecule has 1 aliphatic heterocycles. The van der Waals surface area contributed by atoms with Crippen molar-refractivity contribution in [3.63, 3.8) is 0 Å². The number of amidine groups is 1. The molecule has 242 valence electrons. The zero-order chi connectivity index (χ0) is 33.6. The van der Waals surface area contributed by atoms with Crippen LogP contribution < -0.4 is 21.7 Å². The molecule has 0 fully saturated rings. The smallest absolute Gasteiger partial charge is 0.255 e. The molecule has 9 heteroatoms. The van der Waals surface area contributed by atoms with Crippen LogP contribution in [0.15, 0.2) is 71.7 Å². The van der Waals surface area contributed by atoms with Crippen LogP contribution in [-0.4, -0.2) is 54.5 Å². The van der Waals surface area contributed by atoms with E-state index in [0.29, 0.717) is 40.4 Å². The molecule has 0 bridgehead atoms. The molecule has 9 nitrogen and oxygen atoms in total. The van der Waals surface area contributed by atoms with E-state index >= 15 is 0 Å². The normalized spacial score (nSPS) is 14.9. The second-order valence-electron chi connectivity index (χ2n) is 12.6. The third-order valence-corrected chi connectivity index (χ3v) is 8.33. The maximum Gasteiger partial charge on any atom is 0.255 e. The van der Waals surface area contributed by atoms with E-state index in [9.17, 15) is 14.4 Å². The highest BCUT2D eigenvalue weighted by Crippen LogP contribution is 2.31. The Morgan fingerprint density at radius 2 is 1.67 bits per heavy atom. The van der Waals surface area contributed by atoms with Gasteiger partial charge in [0, 0.05) is 47.2 Å². The lowest BCUT2D eigenvalue weighted by Gasteiger charge is -2.21. The first-order valence-electron chi connectivity index (χ1n) is 15.9. The molecule has 0 radical (unpaired) electrons. The monoisotopic (exact) mass is 622 g/mol. The number of rotatable bonds is 10. The van der Waals surface area contributed by atoms with Crippen molar-refractivity contribution in [3.05, 3.63) is 94.6 Å². The Morgan fingerprint density at radius 1 is 0.978 bits per heavy atom. The predicted octanol–water partition coefficient (Wildman–Crippen LogP) is 6.27. The number of nitrogen functional groups attached to an aromatic ring is 1. The van der Waals surface area contributed by atoms with Crippen LogP contribution in [0.1, 0.15) is 78.9 Å². The summed E-state index contributed by atoms with van der Waals surface area (Å²) < 4.78 is 0. The van der Waals surface area contributed by atoms with Gasteiger partial charge in [0.2, 0.25) is 5.78 Å². The molecule has 1 aliphatic rings. The van der Waals surface area contributed by atoms with E-state index < -0.39 is 5.92 Å². The molecule has 0 aliphatic carbocycles. The number of ketones is 1. The molecule has 0 saturated carbocycles. The van der Waals surface area contributed by atoms with Gasteiger partial charge in [-0.05, 0) is 79.0 Å². The second kappa shape index (κ2) is 14.6. The molecular weight excluding hydrogens is 576 g/mol. The van der Waals surface area contributed by atoms with Crippen LogP contribution in [0.3, 0.4) is 0 Å². The molecule has 0 spiro atoms. The Kier molecular flexibility index (Phi) is 10.8. The number of anilines is 3. The molecule has 1 heterocycles. The Balaban J connectivity index is 1.50. The summed E-state index contributed by atoms with van der Waals surface area (Å²) in [5.74, 6) is -0.867. The highest BCUT2D eigenvalue weighted by Gasteiger charge is 2.25. The van der Waals surface area contributed by atoms with E-state index in [1.807, 2.05) is 62.4 Å². The van der Waals surface area contributed by atoms with Gasteiger partial charge in [-0.2, -0.15) is 0 Å². The van der Waals surface area contributed by atoms with Crippen molar-refractivity contribution >= 4 is 46.2 Å². The minimum atomic E-state index is -0.429. The average Bonchev–Trinajstić information content (AvgIpc) is 3.02. The molecule has 1 atom stereocenters. The lowest BCUT2D eigenvalue weighted by molar-refractivity contribution is -0.114. The fourth-order valence-corrected chi connectivity index (χ4v) is 5.29. The van der Waals surface area contributed by atoms with Gasteiger partial charge in [-0.3, -0.25) is 14.4 Å². The number of benzene rings is 3. The van der Waals surface area contributed by atoms with Crippen molar-refractivity contribution in [2.75, 3.05) is 42.5 Å². The molecule has 3 aromatic carbocycles. The van der Waals surface area contributed by atoms with Crippen LogP contribution in [-0.2, 0) is 10.2 Å². The average molecular weight is 623 g/mol. The van der Waals surface area contributed by atoms with Crippen LogP contribution in [0, 0.1) is 12.8 Å². The third kappa shape index (κ3) is 8.09. The van der Waals surface area contributed by atoms with Gasteiger partial charge in [0.15, 0.2) is 5.84 Å². The molecule has 5 N–H and O–H groups in total. The van der Waals surface area contributed by atoms with Crippen LogP contribution in [0.2, 0.25) is 0 Å². The maximum absolute atomic E-state index is 13.1. The molecule has 0 aromatic heterocycles. The van der Waals surface area contributed by atoms with Crippen LogP contribution in [0.5, 0.6) is 0 Å². The van der Waals surface area contributed by atoms with E-state index in [-0.39, 0.29) is 28.8 Å². The summed E-state index contributed by atoms with van der Waals surface area (Å²) in [5.41, 5.74) is 12.1. The fourth-order valence-electron chi connectivity index (χ4n) is 5.29. The lowest BCUT2D eigenvalue weighted by atomic mass is 9.86. The van der Waals surface area contributed by atoms with E-state index in [4.69, 9.17) is 10.7 Å². The van der Waals surface area contributed by atoms with Crippen molar-refractivity contribution in [2.24, 2.45) is 10.9 Å². The van der Waals surface area contributed by atoms with Crippen molar-refractivity contribution in [1.82, 2.24) is 10.2 Å². The number of aliphatic imine (C=N–C) groups is 1. The molecular formula is C37H46N6O3. The number of amides is 2. The summed E-state index contributed by atoms with van der Waals surface area (Å²) in [6, 6.07) is 18.3. The third-order valence-electron chi connectivity index (χ3n) is 8.33. The number of hydrogen-bond acceptors (Lipinski definition) is 7. The number of carbonyl (C=O) groups excluding carboxylic acids is 3. The van der Waals surface area contributed by atoms with Gasteiger partial charge < -0.3 is 26.6 Å². The topological polar surface area (TPSA) is 129 Å². The van der Waals surface area contributed by atoms with Crippen molar-refractivity contribution < 1.29 is 14.4 Å². The van der Waals surface area contributed by atoms with Gasteiger partial charge in [-0.15, -0.1) is 0 Å². The molecule has 2 amide bonds. The Hall–Kier alpha value is -4.76. The minimum absolute atomic E-state index is 0.00205. The number of Topliss-reactive ketones (excluding diaryl/α,β-unsaturated/α-hetero) is 1. The van der Waals surface area contributed by atoms with E-state index in [1.54, 1.807) is 18.2 Å². The number of carbonyl (C=O) groups is 3. The van der Waals surface area contributed by atoms with E-state index in [0.717, 1.165) is 36.3 Å². The minimum Gasteiger partial charge on any atom is -0.398 e. The summed E-state index contributed by atoms with van der Waals surface area (Å²) >= 11 is 0. The van der Waals surface area contributed by atoms with Gasteiger partial charge in [0.25, 0.3) is 11.8 Å².